The monoisotopic (exact) mass is 421 g/mol. The summed E-state index contributed by atoms with van der Waals surface area (Å²) < 4.78 is 1.12. The van der Waals surface area contributed by atoms with Gasteiger partial charge in [0.25, 0.3) is 0 Å². The summed E-state index contributed by atoms with van der Waals surface area (Å²) in [6.07, 6.45) is 2.62. The molecule has 0 unspecified atom stereocenters. The van der Waals surface area contributed by atoms with Crippen LogP contribution in [0.4, 0.5) is 5.69 Å². The lowest BCUT2D eigenvalue weighted by atomic mass is 10.2. The van der Waals surface area contributed by atoms with Crippen molar-refractivity contribution in [2.24, 2.45) is 0 Å². The quantitative estimate of drug-likeness (QED) is 0.728. The van der Waals surface area contributed by atoms with E-state index in [1.165, 1.54) is 36.4 Å². The molecule has 1 N–H and O–H groups in total. The number of hydrogen-bond donors (Lipinski definition) is 1. The van der Waals surface area contributed by atoms with E-state index in [-0.39, 0.29) is 5.91 Å². The number of nitrogens with zero attached hydrogens (tertiary/aromatic N) is 2. The van der Waals surface area contributed by atoms with Crippen LogP contribution in [0.2, 0.25) is 0 Å². The maximum Gasteiger partial charge on any atom is 0.238 e. The van der Waals surface area contributed by atoms with Crippen molar-refractivity contribution in [1.82, 2.24) is 9.80 Å². The highest BCUT2D eigenvalue weighted by Crippen LogP contribution is 2.23. The molecule has 25 heavy (non-hydrogen) atoms. The molecule has 0 radical (unpaired) electrons. The van der Waals surface area contributed by atoms with Crippen molar-refractivity contribution < 1.29 is 4.79 Å². The Labute approximate surface area is 162 Å². The molecule has 2 heterocycles. The molecule has 1 aliphatic rings. The molecule has 4 nitrogen and oxygen atoms in total. The van der Waals surface area contributed by atoms with Crippen LogP contribution in [0, 0.1) is 0 Å². The average molecular weight is 422 g/mol. The largest absolute Gasteiger partial charge is 0.325 e. The molecule has 1 saturated heterocycles. The number of carbonyl (C=O) groups is 1. The van der Waals surface area contributed by atoms with E-state index in [2.05, 4.69) is 44.3 Å². The smallest absolute Gasteiger partial charge is 0.238 e. The van der Waals surface area contributed by atoms with Crippen LogP contribution in [0.3, 0.4) is 0 Å². The molecule has 1 amide bonds. The van der Waals surface area contributed by atoms with Crippen molar-refractivity contribution in [2.75, 3.05) is 32.0 Å². The summed E-state index contributed by atoms with van der Waals surface area (Å²) in [5.41, 5.74) is 2.17. The van der Waals surface area contributed by atoms with E-state index in [0.29, 0.717) is 6.54 Å². The first-order chi connectivity index (χ1) is 12.1. The van der Waals surface area contributed by atoms with Gasteiger partial charge in [0.1, 0.15) is 0 Å². The van der Waals surface area contributed by atoms with Gasteiger partial charge in [-0.15, -0.1) is 11.3 Å². The van der Waals surface area contributed by atoms with Crippen LogP contribution in [-0.4, -0.2) is 42.4 Å². The molecule has 0 atom stereocenters. The van der Waals surface area contributed by atoms with Gasteiger partial charge in [-0.25, -0.2) is 0 Å². The third-order valence-corrected chi connectivity index (χ3v) is 5.92. The number of likely N-dealkylation sites (N-methyl/N-ethyl adjacent to an activating group) is 1. The number of hydrogen-bond acceptors (Lipinski definition) is 4. The lowest BCUT2D eigenvalue weighted by Crippen LogP contribution is -2.29. The number of rotatable bonds is 7. The maximum atomic E-state index is 12.2. The highest BCUT2D eigenvalue weighted by Gasteiger charge is 2.12. The maximum absolute atomic E-state index is 12.2. The van der Waals surface area contributed by atoms with Gasteiger partial charge >= 0.3 is 0 Å². The van der Waals surface area contributed by atoms with Crippen LogP contribution in [-0.2, 0) is 17.9 Å². The molecular formula is C19H24BrN3OS. The lowest BCUT2D eigenvalue weighted by molar-refractivity contribution is -0.117. The molecule has 0 aliphatic carbocycles. The van der Waals surface area contributed by atoms with Crippen molar-refractivity contribution in [2.45, 2.75) is 25.9 Å². The zero-order chi connectivity index (χ0) is 17.6. The van der Waals surface area contributed by atoms with Crippen LogP contribution in [0.5, 0.6) is 0 Å². The fourth-order valence-electron chi connectivity index (χ4n) is 3.10. The SMILES string of the molecule is CN(CC(=O)Nc1ccc(CN2CCCC2)cc1)Cc1ccc(Br)s1. The van der Waals surface area contributed by atoms with Gasteiger partial charge in [0.2, 0.25) is 5.91 Å². The van der Waals surface area contributed by atoms with Gasteiger partial charge in [0, 0.05) is 23.7 Å². The van der Waals surface area contributed by atoms with Crippen molar-refractivity contribution in [3.8, 4) is 0 Å². The van der Waals surface area contributed by atoms with E-state index in [4.69, 9.17) is 0 Å². The number of likely N-dealkylation sites (tertiary alicyclic amines) is 1. The highest BCUT2D eigenvalue weighted by molar-refractivity contribution is 9.11. The molecule has 1 aromatic heterocycles. The highest BCUT2D eigenvalue weighted by atomic mass is 79.9. The first-order valence-corrected chi connectivity index (χ1v) is 10.2. The number of nitrogens with one attached hydrogen (secondary N) is 1. The zero-order valence-electron chi connectivity index (χ0n) is 14.5. The summed E-state index contributed by atoms with van der Waals surface area (Å²) in [5.74, 6) is 0.0189. The topological polar surface area (TPSA) is 35.6 Å². The predicted molar refractivity (Wildman–Crippen MR) is 108 cm³/mol. The minimum absolute atomic E-state index is 0.0189. The Morgan fingerprint density at radius 1 is 1.20 bits per heavy atom. The van der Waals surface area contributed by atoms with E-state index in [9.17, 15) is 4.79 Å². The second-order valence-corrected chi connectivity index (χ2v) is 9.15. The molecule has 1 aromatic carbocycles. The third-order valence-electron chi connectivity index (χ3n) is 4.31. The molecule has 134 valence electrons. The number of thiophene rings is 1. The van der Waals surface area contributed by atoms with Gasteiger partial charge in [-0.1, -0.05) is 12.1 Å². The number of halogens is 1. The number of benzene rings is 1. The molecule has 1 fully saturated rings. The van der Waals surface area contributed by atoms with Gasteiger partial charge < -0.3 is 5.32 Å². The standard InChI is InChI=1S/C19H24BrN3OS/c1-22(13-17-8-9-18(20)25-17)14-19(24)21-16-6-4-15(5-7-16)12-23-10-2-3-11-23/h4-9H,2-3,10-14H2,1H3,(H,21,24). The van der Waals surface area contributed by atoms with E-state index in [0.717, 1.165) is 22.6 Å². The summed E-state index contributed by atoms with van der Waals surface area (Å²) in [6, 6.07) is 12.3. The predicted octanol–water partition coefficient (Wildman–Crippen LogP) is 4.18. The van der Waals surface area contributed by atoms with Crippen LogP contribution in [0.25, 0.3) is 0 Å². The van der Waals surface area contributed by atoms with Gasteiger partial charge in [0.05, 0.1) is 10.3 Å². The summed E-state index contributed by atoms with van der Waals surface area (Å²) in [5, 5.41) is 2.98. The van der Waals surface area contributed by atoms with E-state index in [1.54, 1.807) is 11.3 Å². The van der Waals surface area contributed by atoms with Gasteiger partial charge in [-0.3, -0.25) is 14.6 Å². The zero-order valence-corrected chi connectivity index (χ0v) is 16.9. The Kier molecular flexibility index (Phi) is 6.64. The van der Waals surface area contributed by atoms with Crippen molar-refractivity contribution in [1.29, 1.82) is 0 Å². The third kappa shape index (κ3) is 5.92. The molecular weight excluding hydrogens is 398 g/mol. The fourth-order valence-corrected chi connectivity index (χ4v) is 4.66. The molecule has 0 bridgehead atoms. The van der Waals surface area contributed by atoms with E-state index < -0.39 is 0 Å². The molecule has 0 spiro atoms. The number of amides is 1. The number of anilines is 1. The number of carbonyl (C=O) groups excluding carboxylic acids is 1. The Bertz CT molecular complexity index is 695. The minimum Gasteiger partial charge on any atom is -0.325 e. The first kappa shape index (κ1) is 18.6. The Morgan fingerprint density at radius 2 is 1.92 bits per heavy atom. The van der Waals surface area contributed by atoms with Gasteiger partial charge in [-0.2, -0.15) is 0 Å². The van der Waals surface area contributed by atoms with Crippen molar-refractivity contribution in [3.63, 3.8) is 0 Å². The van der Waals surface area contributed by atoms with Gasteiger partial charge in [0.15, 0.2) is 0 Å². The van der Waals surface area contributed by atoms with Gasteiger partial charge in [-0.05, 0) is 78.7 Å². The van der Waals surface area contributed by atoms with E-state index >= 15 is 0 Å². The normalized spacial score (nSPS) is 15.0. The summed E-state index contributed by atoms with van der Waals surface area (Å²) in [4.78, 5) is 18.0. The van der Waals surface area contributed by atoms with Crippen molar-refractivity contribution >= 4 is 38.9 Å². The molecule has 0 saturated carbocycles. The Hall–Kier alpha value is -1.21. The molecule has 1 aliphatic heterocycles. The Balaban J connectivity index is 1.45. The average Bonchev–Trinajstić information content (AvgIpc) is 3.21. The summed E-state index contributed by atoms with van der Waals surface area (Å²) in [7, 11) is 1.96. The van der Waals surface area contributed by atoms with Crippen LogP contribution >= 0.6 is 27.3 Å². The summed E-state index contributed by atoms with van der Waals surface area (Å²) in [6.45, 7) is 4.56. The molecule has 2 aromatic rings. The second kappa shape index (κ2) is 8.94. The first-order valence-electron chi connectivity index (χ1n) is 8.62. The van der Waals surface area contributed by atoms with Crippen LogP contribution < -0.4 is 5.32 Å². The van der Waals surface area contributed by atoms with E-state index in [1.807, 2.05) is 30.1 Å². The second-order valence-electron chi connectivity index (χ2n) is 6.61. The van der Waals surface area contributed by atoms with Crippen molar-refractivity contribution in [3.05, 3.63) is 50.6 Å². The van der Waals surface area contributed by atoms with Crippen LogP contribution in [0.15, 0.2) is 40.2 Å². The lowest BCUT2D eigenvalue weighted by Gasteiger charge is -2.16. The minimum atomic E-state index is 0.0189. The fraction of sp³-hybridized carbons (Fsp3) is 0.421. The summed E-state index contributed by atoms with van der Waals surface area (Å²) >= 11 is 5.17. The Morgan fingerprint density at radius 3 is 2.56 bits per heavy atom. The molecule has 3 rings (SSSR count). The van der Waals surface area contributed by atoms with Crippen LogP contribution in [0.1, 0.15) is 23.3 Å². The molecule has 6 heteroatoms.